The molecule has 0 radical (unpaired) electrons. The summed E-state index contributed by atoms with van der Waals surface area (Å²) in [6, 6.07) is 4.50. The van der Waals surface area contributed by atoms with Crippen LogP contribution in [0.3, 0.4) is 0 Å². The Kier molecular flexibility index (Phi) is 9.62. The smallest absolute Gasteiger partial charge is 0.416 e. The number of ketones is 1. The molecular formula is C43H51F3O6. The van der Waals surface area contributed by atoms with Gasteiger partial charge in [-0.3, -0.25) is 9.59 Å². The number of hydrogen-bond acceptors (Lipinski definition) is 6. The van der Waals surface area contributed by atoms with E-state index >= 15 is 0 Å². The summed E-state index contributed by atoms with van der Waals surface area (Å²) >= 11 is 0. The van der Waals surface area contributed by atoms with Crippen LogP contribution in [0.2, 0.25) is 0 Å². The van der Waals surface area contributed by atoms with Crippen LogP contribution in [0.5, 0.6) is 0 Å². The summed E-state index contributed by atoms with van der Waals surface area (Å²) in [5.74, 6) is -0.973. The Bertz CT molecular complexity index is 1810. The molecule has 6 nitrogen and oxygen atoms in total. The van der Waals surface area contributed by atoms with E-state index < -0.39 is 23.1 Å². The van der Waals surface area contributed by atoms with Crippen molar-refractivity contribution in [1.29, 1.82) is 0 Å². The van der Waals surface area contributed by atoms with Gasteiger partial charge in [0.25, 0.3) is 0 Å². The molecule has 0 aromatic heterocycles. The molecule has 1 aromatic carbocycles. The van der Waals surface area contributed by atoms with E-state index in [2.05, 4.69) is 46.8 Å². The maximum atomic E-state index is 13.7. The van der Waals surface area contributed by atoms with Gasteiger partial charge in [0.2, 0.25) is 5.78 Å². The Hall–Kier alpha value is -3.88. The lowest BCUT2D eigenvalue weighted by atomic mass is 9.34. The lowest BCUT2D eigenvalue weighted by Crippen LogP contribution is -2.62. The summed E-state index contributed by atoms with van der Waals surface area (Å²) in [5, 5.41) is 10.4. The number of rotatable bonds is 8. The Balaban J connectivity index is 1.06. The number of ether oxygens (including phenoxy) is 2. The molecule has 0 heterocycles. The van der Waals surface area contributed by atoms with E-state index in [0.29, 0.717) is 29.9 Å². The van der Waals surface area contributed by atoms with Crippen molar-refractivity contribution >= 4 is 23.8 Å². The van der Waals surface area contributed by atoms with Crippen LogP contribution < -0.4 is 0 Å². The van der Waals surface area contributed by atoms with Gasteiger partial charge in [-0.2, -0.15) is 13.2 Å². The van der Waals surface area contributed by atoms with Crippen LogP contribution in [0.1, 0.15) is 110 Å². The zero-order valence-electron chi connectivity index (χ0n) is 31.2. The molecule has 1 N–H and O–H groups in total. The molecule has 6 rings (SSSR count). The third kappa shape index (κ3) is 6.30. The summed E-state index contributed by atoms with van der Waals surface area (Å²) in [6.45, 7) is 13.7. The normalized spacial score (nSPS) is 34.3. The second-order valence-electron chi connectivity index (χ2n) is 17.1. The molecule has 280 valence electrons. The average molecular weight is 721 g/mol. The summed E-state index contributed by atoms with van der Waals surface area (Å²) in [7, 11) is 0. The Morgan fingerprint density at radius 3 is 2.23 bits per heavy atom. The highest BCUT2D eigenvalue weighted by atomic mass is 19.4. The van der Waals surface area contributed by atoms with Crippen molar-refractivity contribution in [3.05, 3.63) is 87.7 Å². The number of aliphatic hydroxyl groups is 1. The highest BCUT2D eigenvalue weighted by molar-refractivity contribution is 6.06. The molecular weight excluding hydrogens is 669 g/mol. The second kappa shape index (κ2) is 13.2. The number of unbranched alkanes of at least 4 members (excludes halogenated alkanes) is 1. The lowest BCUT2D eigenvalue weighted by Gasteiger charge is -2.70. The number of esters is 2. The minimum Gasteiger partial charge on any atom is -0.504 e. The van der Waals surface area contributed by atoms with E-state index in [0.717, 1.165) is 68.2 Å². The number of carbonyl (C=O) groups is 3. The van der Waals surface area contributed by atoms with Gasteiger partial charge in [0.15, 0.2) is 5.76 Å². The molecule has 0 spiro atoms. The van der Waals surface area contributed by atoms with Gasteiger partial charge in [0.1, 0.15) is 0 Å². The first-order valence-corrected chi connectivity index (χ1v) is 18.6. The van der Waals surface area contributed by atoms with Crippen molar-refractivity contribution < 1.29 is 42.1 Å². The number of allylic oxidation sites excluding steroid dienone is 7. The zero-order chi connectivity index (χ0) is 37.9. The molecule has 5 aliphatic rings. The van der Waals surface area contributed by atoms with Crippen molar-refractivity contribution in [1.82, 2.24) is 0 Å². The minimum atomic E-state index is -4.42. The van der Waals surface area contributed by atoms with Crippen LogP contribution in [0.15, 0.2) is 76.6 Å². The first kappa shape index (κ1) is 37.9. The molecule has 5 aliphatic carbocycles. The molecule has 0 unspecified atom stereocenters. The molecule has 0 aliphatic heterocycles. The predicted octanol–water partition coefficient (Wildman–Crippen LogP) is 10.2. The number of hydrogen-bond donors (Lipinski definition) is 1. The van der Waals surface area contributed by atoms with E-state index in [4.69, 9.17) is 9.47 Å². The first-order chi connectivity index (χ1) is 24.3. The van der Waals surface area contributed by atoms with Crippen molar-refractivity contribution in [2.45, 2.75) is 106 Å². The fourth-order valence-corrected chi connectivity index (χ4v) is 10.4. The molecule has 3 saturated carbocycles. The maximum absolute atomic E-state index is 13.7. The van der Waals surface area contributed by atoms with E-state index in [9.17, 15) is 32.7 Å². The Morgan fingerprint density at radius 2 is 1.56 bits per heavy atom. The quantitative estimate of drug-likeness (QED) is 0.163. The highest BCUT2D eigenvalue weighted by Gasteiger charge is 2.67. The zero-order valence-corrected chi connectivity index (χ0v) is 31.2. The lowest BCUT2D eigenvalue weighted by molar-refractivity contribution is -0.182. The Morgan fingerprint density at radius 1 is 0.904 bits per heavy atom. The molecule has 0 saturated heterocycles. The van der Waals surface area contributed by atoms with Crippen molar-refractivity contribution in [3.8, 4) is 0 Å². The monoisotopic (exact) mass is 720 g/mol. The summed E-state index contributed by atoms with van der Waals surface area (Å²) in [4.78, 5) is 38.7. The van der Waals surface area contributed by atoms with Crippen LogP contribution in [-0.4, -0.2) is 36.0 Å². The predicted molar refractivity (Wildman–Crippen MR) is 193 cm³/mol. The average Bonchev–Trinajstić information content (AvgIpc) is 3.09. The van der Waals surface area contributed by atoms with Crippen LogP contribution in [0.4, 0.5) is 13.2 Å². The molecule has 0 bridgehead atoms. The summed E-state index contributed by atoms with van der Waals surface area (Å²) < 4.78 is 49.4. The van der Waals surface area contributed by atoms with Gasteiger partial charge < -0.3 is 14.6 Å². The number of halogens is 3. The number of aliphatic hydroxyl groups excluding tert-OH is 1. The van der Waals surface area contributed by atoms with Gasteiger partial charge in [-0.1, -0.05) is 57.6 Å². The number of fused-ring (bicyclic) bond motifs is 7. The van der Waals surface area contributed by atoms with E-state index in [1.807, 2.05) is 6.92 Å². The molecule has 1 aromatic rings. The highest BCUT2D eigenvalue weighted by Crippen LogP contribution is 2.75. The summed E-state index contributed by atoms with van der Waals surface area (Å²) in [6.07, 6.45) is 11.6. The number of alkyl halides is 3. The number of carbonyl (C=O) groups excluding carboxylic acids is 3. The SMILES string of the molecule is CC1=C(O)C(=O)C=C2C1=CC=C1[C@@]2(C)CC[C@@]2(C)[C@@H]3C[C@](C)(C(=O)OCCCCOC(=O)/C=C/c4ccc(C(F)(F)F)cc4)CC[C@]3(C)CC[C@]12C. The van der Waals surface area contributed by atoms with Gasteiger partial charge in [-0.25, -0.2) is 4.79 Å². The summed E-state index contributed by atoms with van der Waals surface area (Å²) in [5.41, 5.74) is 2.64. The van der Waals surface area contributed by atoms with Gasteiger partial charge in [0.05, 0.1) is 24.2 Å². The largest absolute Gasteiger partial charge is 0.504 e. The standard InChI is InChI=1S/C43H51F3O6/c1-27-30-14-15-33-40(4,31(30)25-32(47)36(27)49)20-22-42(6)34-26-39(3,18-17-38(34,2)19-21-41(33,42)5)37(50)52-24-8-7-23-51-35(48)16-11-28-9-12-29(13-10-28)43(44,45)46/h9-16,25,34,49H,7-8,17-24,26H2,1-6H3/b16-11+/t34-,38-,39-,40+,41-,42+/m1/s1. The molecule has 52 heavy (non-hydrogen) atoms. The van der Waals surface area contributed by atoms with Crippen LogP contribution in [0, 0.1) is 33.0 Å². The minimum absolute atomic E-state index is 0.0737. The van der Waals surface area contributed by atoms with Gasteiger partial charge in [-0.15, -0.1) is 0 Å². The maximum Gasteiger partial charge on any atom is 0.416 e. The van der Waals surface area contributed by atoms with E-state index in [-0.39, 0.29) is 52.4 Å². The topological polar surface area (TPSA) is 89.9 Å². The van der Waals surface area contributed by atoms with E-state index in [1.165, 1.54) is 29.9 Å². The number of benzene rings is 1. The van der Waals surface area contributed by atoms with E-state index in [1.54, 1.807) is 6.08 Å². The van der Waals surface area contributed by atoms with Crippen LogP contribution >= 0.6 is 0 Å². The molecule has 0 amide bonds. The van der Waals surface area contributed by atoms with Crippen LogP contribution in [0.25, 0.3) is 6.08 Å². The van der Waals surface area contributed by atoms with Gasteiger partial charge in [0, 0.05) is 17.1 Å². The van der Waals surface area contributed by atoms with Crippen molar-refractivity contribution in [2.75, 3.05) is 13.2 Å². The molecule has 9 heteroatoms. The fourth-order valence-electron chi connectivity index (χ4n) is 10.4. The van der Waals surface area contributed by atoms with Crippen molar-refractivity contribution in [2.24, 2.45) is 33.0 Å². The molecule has 3 fully saturated rings. The molecule has 6 atom stereocenters. The first-order valence-electron chi connectivity index (χ1n) is 18.6. The fraction of sp³-hybridized carbons (Fsp3) is 0.558. The third-order valence-corrected chi connectivity index (χ3v) is 14.0. The van der Waals surface area contributed by atoms with Crippen LogP contribution in [-0.2, 0) is 30.0 Å². The van der Waals surface area contributed by atoms with Gasteiger partial charge >= 0.3 is 18.1 Å². The van der Waals surface area contributed by atoms with Gasteiger partial charge in [-0.05, 0) is 135 Å². The second-order valence-corrected chi connectivity index (χ2v) is 17.1. The third-order valence-electron chi connectivity index (χ3n) is 14.0. The Labute approximate surface area is 304 Å². The van der Waals surface area contributed by atoms with Crippen molar-refractivity contribution in [3.63, 3.8) is 0 Å².